The van der Waals surface area contributed by atoms with E-state index in [2.05, 4.69) is 10.6 Å². The molecule has 1 heterocycles. The summed E-state index contributed by atoms with van der Waals surface area (Å²) in [5.41, 5.74) is 2.17. The van der Waals surface area contributed by atoms with Gasteiger partial charge in [0.2, 0.25) is 0 Å². The number of rotatable bonds is 6. The van der Waals surface area contributed by atoms with E-state index in [0.717, 1.165) is 5.56 Å². The van der Waals surface area contributed by atoms with Crippen LogP contribution in [0.1, 0.15) is 24.1 Å². The standard InChI is InChI=1S/C20H19N3O5/c1-13-17(19(24)28-12-11-14-5-3-2-4-6-14)18(22-20(25)21-13)15-7-9-16(10-8-15)23(26)27/h2-10,18H,11-12H2,1H3,(H2,21,22,25). The van der Waals surface area contributed by atoms with Crippen LogP contribution in [-0.2, 0) is 16.0 Å². The number of esters is 1. The SMILES string of the molecule is CC1=C(C(=O)OCCc2ccccc2)C(c2ccc([N+](=O)[O-])cc2)NC(=O)N1. The molecule has 3 rings (SSSR count). The van der Waals surface area contributed by atoms with Gasteiger partial charge in [0.15, 0.2) is 0 Å². The van der Waals surface area contributed by atoms with E-state index in [0.29, 0.717) is 17.7 Å². The normalized spacial score (nSPS) is 16.2. The number of ether oxygens (including phenoxy) is 1. The maximum absolute atomic E-state index is 12.7. The Morgan fingerprint density at radius 3 is 2.46 bits per heavy atom. The fourth-order valence-electron chi connectivity index (χ4n) is 2.99. The Balaban J connectivity index is 1.77. The van der Waals surface area contributed by atoms with Gasteiger partial charge in [0.05, 0.1) is 23.1 Å². The van der Waals surface area contributed by atoms with Crippen LogP contribution >= 0.6 is 0 Å². The molecule has 0 radical (unpaired) electrons. The van der Waals surface area contributed by atoms with Crippen LogP contribution in [0.5, 0.6) is 0 Å². The van der Waals surface area contributed by atoms with E-state index >= 15 is 0 Å². The molecule has 1 aliphatic heterocycles. The molecule has 0 saturated carbocycles. The number of carbonyl (C=O) groups excluding carboxylic acids is 2. The molecule has 8 nitrogen and oxygen atoms in total. The molecule has 0 aromatic heterocycles. The molecule has 0 bridgehead atoms. The van der Waals surface area contributed by atoms with Crippen LogP contribution in [0.3, 0.4) is 0 Å². The van der Waals surface area contributed by atoms with Gasteiger partial charge >= 0.3 is 12.0 Å². The Bertz CT molecular complexity index is 923. The molecule has 2 amide bonds. The van der Waals surface area contributed by atoms with Gasteiger partial charge in [0, 0.05) is 24.3 Å². The Hall–Kier alpha value is -3.68. The zero-order valence-corrected chi connectivity index (χ0v) is 15.2. The molecule has 1 atom stereocenters. The summed E-state index contributed by atoms with van der Waals surface area (Å²) in [6.07, 6.45) is 0.570. The van der Waals surface area contributed by atoms with Crippen molar-refractivity contribution in [2.45, 2.75) is 19.4 Å². The number of hydrogen-bond donors (Lipinski definition) is 2. The predicted molar refractivity (Wildman–Crippen MR) is 101 cm³/mol. The number of nitrogens with one attached hydrogen (secondary N) is 2. The van der Waals surface area contributed by atoms with Crippen LogP contribution in [0, 0.1) is 10.1 Å². The smallest absolute Gasteiger partial charge is 0.338 e. The van der Waals surface area contributed by atoms with Gasteiger partial charge in [-0.3, -0.25) is 10.1 Å². The van der Waals surface area contributed by atoms with Gasteiger partial charge in [0.1, 0.15) is 0 Å². The zero-order chi connectivity index (χ0) is 20.1. The summed E-state index contributed by atoms with van der Waals surface area (Å²) >= 11 is 0. The molecule has 0 spiro atoms. The summed E-state index contributed by atoms with van der Waals surface area (Å²) in [7, 11) is 0. The van der Waals surface area contributed by atoms with Crippen molar-refractivity contribution >= 4 is 17.7 Å². The third-order valence-corrected chi connectivity index (χ3v) is 4.39. The Kier molecular flexibility index (Phi) is 5.69. The number of nitrogens with zero attached hydrogens (tertiary/aromatic N) is 1. The van der Waals surface area contributed by atoms with E-state index in [-0.39, 0.29) is 17.9 Å². The summed E-state index contributed by atoms with van der Waals surface area (Å²) in [6.45, 7) is 1.81. The number of carbonyl (C=O) groups is 2. The average Bonchev–Trinajstić information content (AvgIpc) is 2.68. The van der Waals surface area contributed by atoms with Gasteiger partial charge in [0.25, 0.3) is 5.69 Å². The second-order valence-electron chi connectivity index (χ2n) is 6.29. The summed E-state index contributed by atoms with van der Waals surface area (Å²) < 4.78 is 5.41. The van der Waals surface area contributed by atoms with Gasteiger partial charge in [-0.25, -0.2) is 9.59 Å². The second-order valence-corrected chi connectivity index (χ2v) is 6.29. The van der Waals surface area contributed by atoms with Crippen LogP contribution in [-0.4, -0.2) is 23.5 Å². The molecule has 0 fully saturated rings. The number of urea groups is 1. The Labute approximate surface area is 161 Å². The highest BCUT2D eigenvalue weighted by Gasteiger charge is 2.32. The van der Waals surface area contributed by atoms with Crippen LogP contribution < -0.4 is 10.6 Å². The molecule has 144 valence electrons. The number of allylic oxidation sites excluding steroid dienone is 1. The third-order valence-electron chi connectivity index (χ3n) is 4.39. The Morgan fingerprint density at radius 1 is 1.14 bits per heavy atom. The number of hydrogen-bond acceptors (Lipinski definition) is 5. The third kappa shape index (κ3) is 4.35. The lowest BCUT2D eigenvalue weighted by Crippen LogP contribution is -2.45. The largest absolute Gasteiger partial charge is 0.462 e. The van der Waals surface area contributed by atoms with E-state index in [4.69, 9.17) is 4.74 Å². The van der Waals surface area contributed by atoms with E-state index < -0.39 is 23.0 Å². The van der Waals surface area contributed by atoms with Crippen molar-refractivity contribution < 1.29 is 19.2 Å². The number of benzene rings is 2. The van der Waals surface area contributed by atoms with Crippen molar-refractivity contribution in [3.63, 3.8) is 0 Å². The maximum atomic E-state index is 12.7. The topological polar surface area (TPSA) is 111 Å². The predicted octanol–water partition coefficient (Wildman–Crippen LogP) is 3.01. The van der Waals surface area contributed by atoms with Crippen molar-refractivity contribution in [3.8, 4) is 0 Å². The highest BCUT2D eigenvalue weighted by atomic mass is 16.6. The highest BCUT2D eigenvalue weighted by Crippen LogP contribution is 2.28. The molecule has 2 aromatic carbocycles. The summed E-state index contributed by atoms with van der Waals surface area (Å²) in [4.78, 5) is 34.9. The average molecular weight is 381 g/mol. The number of amides is 2. The lowest BCUT2D eigenvalue weighted by atomic mass is 9.95. The first-order valence-electron chi connectivity index (χ1n) is 8.69. The van der Waals surface area contributed by atoms with Crippen LogP contribution in [0.15, 0.2) is 65.9 Å². The van der Waals surface area contributed by atoms with Crippen LogP contribution in [0.25, 0.3) is 0 Å². The van der Waals surface area contributed by atoms with Gasteiger partial charge in [-0.1, -0.05) is 30.3 Å². The van der Waals surface area contributed by atoms with Crippen molar-refractivity contribution in [2.75, 3.05) is 6.61 Å². The van der Waals surface area contributed by atoms with Crippen molar-refractivity contribution in [1.29, 1.82) is 0 Å². The fraction of sp³-hybridized carbons (Fsp3) is 0.200. The van der Waals surface area contributed by atoms with Gasteiger partial charge in [-0.05, 0) is 30.2 Å². The summed E-state index contributed by atoms with van der Waals surface area (Å²) in [6, 6.07) is 14.1. The molecular formula is C20H19N3O5. The van der Waals surface area contributed by atoms with Crippen molar-refractivity contribution in [3.05, 3.63) is 87.1 Å². The monoisotopic (exact) mass is 381 g/mol. The number of nitro groups is 1. The molecule has 2 N–H and O–H groups in total. The molecule has 2 aromatic rings. The molecule has 1 aliphatic rings. The van der Waals surface area contributed by atoms with E-state index in [9.17, 15) is 19.7 Å². The van der Waals surface area contributed by atoms with E-state index in [1.165, 1.54) is 24.3 Å². The van der Waals surface area contributed by atoms with Crippen molar-refractivity contribution in [2.24, 2.45) is 0 Å². The molecule has 0 aliphatic carbocycles. The maximum Gasteiger partial charge on any atom is 0.338 e. The molecule has 28 heavy (non-hydrogen) atoms. The summed E-state index contributed by atoms with van der Waals surface area (Å²) in [5, 5.41) is 16.1. The number of nitro benzene ring substituents is 1. The Morgan fingerprint density at radius 2 is 1.82 bits per heavy atom. The van der Waals surface area contributed by atoms with Crippen LogP contribution in [0.4, 0.5) is 10.5 Å². The van der Waals surface area contributed by atoms with Gasteiger partial charge in [-0.15, -0.1) is 0 Å². The first kappa shape index (κ1) is 19.1. The first-order chi connectivity index (χ1) is 13.5. The molecular weight excluding hydrogens is 362 g/mol. The highest BCUT2D eigenvalue weighted by molar-refractivity contribution is 5.95. The van der Waals surface area contributed by atoms with Gasteiger partial charge in [-0.2, -0.15) is 0 Å². The van der Waals surface area contributed by atoms with Crippen LogP contribution in [0.2, 0.25) is 0 Å². The second kappa shape index (κ2) is 8.34. The minimum Gasteiger partial charge on any atom is -0.462 e. The fourth-order valence-corrected chi connectivity index (χ4v) is 2.99. The lowest BCUT2D eigenvalue weighted by molar-refractivity contribution is -0.384. The summed E-state index contributed by atoms with van der Waals surface area (Å²) in [5.74, 6) is -0.552. The minimum atomic E-state index is -0.751. The van der Waals surface area contributed by atoms with Gasteiger partial charge < -0.3 is 15.4 Å². The van der Waals surface area contributed by atoms with E-state index in [1.807, 2.05) is 30.3 Å². The molecule has 0 saturated heterocycles. The zero-order valence-electron chi connectivity index (χ0n) is 15.2. The molecule has 8 heteroatoms. The molecule has 1 unspecified atom stereocenters. The first-order valence-corrected chi connectivity index (χ1v) is 8.69. The quantitative estimate of drug-likeness (QED) is 0.454. The van der Waals surface area contributed by atoms with E-state index in [1.54, 1.807) is 6.92 Å². The minimum absolute atomic E-state index is 0.0725. The lowest BCUT2D eigenvalue weighted by Gasteiger charge is -2.28. The number of non-ortho nitro benzene ring substituents is 1. The van der Waals surface area contributed by atoms with Crippen molar-refractivity contribution in [1.82, 2.24) is 10.6 Å².